The van der Waals surface area contributed by atoms with Gasteiger partial charge in [0.15, 0.2) is 0 Å². The Kier molecular flexibility index (Phi) is 7.36. The number of nitrogens with one attached hydrogen (secondary N) is 4. The number of allylic oxidation sites excluding steroid dienone is 18. The number of aromatic amines is 1. The van der Waals surface area contributed by atoms with Gasteiger partial charge in [-0.3, -0.25) is 16.0 Å². The van der Waals surface area contributed by atoms with Crippen LogP contribution >= 0.6 is 0 Å². The molecule has 4 nitrogen and oxygen atoms in total. The molecule has 0 aromatic carbocycles. The Labute approximate surface area is 255 Å². The molecule has 0 saturated carbocycles. The van der Waals surface area contributed by atoms with Crippen LogP contribution in [0.4, 0.5) is 0 Å². The summed E-state index contributed by atoms with van der Waals surface area (Å²) < 4.78 is 0. The molecule has 1 aromatic heterocycles. The Balaban J connectivity index is 1.12. The molecule has 43 heavy (non-hydrogen) atoms. The molecule has 1 saturated heterocycles. The van der Waals surface area contributed by atoms with Crippen LogP contribution in [0.3, 0.4) is 0 Å². The van der Waals surface area contributed by atoms with Gasteiger partial charge >= 0.3 is 0 Å². The molecule has 6 aliphatic carbocycles. The van der Waals surface area contributed by atoms with Crippen LogP contribution in [0.1, 0.15) is 37.8 Å². The van der Waals surface area contributed by atoms with E-state index >= 15 is 0 Å². The molecule has 8 unspecified atom stereocenters. The van der Waals surface area contributed by atoms with Crippen molar-refractivity contribution in [2.24, 2.45) is 29.6 Å². The quantitative estimate of drug-likeness (QED) is 0.283. The van der Waals surface area contributed by atoms with Crippen LogP contribution in [-0.2, 0) is 0 Å². The van der Waals surface area contributed by atoms with Gasteiger partial charge in [-0.05, 0) is 61.0 Å². The van der Waals surface area contributed by atoms with Crippen LogP contribution in [0.2, 0.25) is 0 Å². The smallest absolute Gasteiger partial charge is 0.0856 e. The highest BCUT2D eigenvalue weighted by Crippen LogP contribution is 2.46. The lowest BCUT2D eigenvalue weighted by atomic mass is 9.68. The van der Waals surface area contributed by atoms with Crippen molar-refractivity contribution >= 4 is 5.57 Å². The minimum atomic E-state index is 0.134. The maximum absolute atomic E-state index is 4.01. The first-order chi connectivity index (χ1) is 21.3. The zero-order chi connectivity index (χ0) is 28.6. The van der Waals surface area contributed by atoms with Gasteiger partial charge in [0.05, 0.1) is 18.5 Å². The molecular formula is C39H42N4. The lowest BCUT2D eigenvalue weighted by Gasteiger charge is -2.45. The average Bonchev–Trinajstić information content (AvgIpc) is 3.63. The van der Waals surface area contributed by atoms with E-state index in [1.165, 1.54) is 28.0 Å². The van der Waals surface area contributed by atoms with Crippen LogP contribution in [0.25, 0.3) is 5.57 Å². The lowest BCUT2D eigenvalue weighted by Crippen LogP contribution is -2.70. The van der Waals surface area contributed by atoms with Crippen LogP contribution in [0.15, 0.2) is 144 Å². The highest BCUT2D eigenvalue weighted by Gasteiger charge is 2.37. The molecule has 0 radical (unpaired) electrons. The van der Waals surface area contributed by atoms with Crippen LogP contribution in [0, 0.1) is 29.6 Å². The Bertz CT molecular complexity index is 1570. The van der Waals surface area contributed by atoms with Crippen molar-refractivity contribution in [1.29, 1.82) is 0 Å². The summed E-state index contributed by atoms with van der Waals surface area (Å²) in [5, 5.41) is 11.9. The van der Waals surface area contributed by atoms with Crippen molar-refractivity contribution in [2.45, 2.75) is 50.6 Å². The Morgan fingerprint density at radius 1 is 0.721 bits per heavy atom. The molecule has 1 fully saturated rings. The van der Waals surface area contributed by atoms with Gasteiger partial charge in [-0.25, -0.2) is 0 Å². The van der Waals surface area contributed by atoms with E-state index in [0.29, 0.717) is 29.6 Å². The van der Waals surface area contributed by atoms with Crippen molar-refractivity contribution in [3.63, 3.8) is 0 Å². The Morgan fingerprint density at radius 2 is 1.63 bits per heavy atom. The molecule has 8 atom stereocenters. The number of fused-ring (bicyclic) bond motifs is 3. The SMILES string of the molecule is C1=CCC(C2NC(C3=CCCC=C3)NC(C3C=C(C4=CC=C5C(C=CC6C=CC=CC56)C4)C(c4ccc[nH]4)=CC3)N2)C=C1. The second-order valence-electron chi connectivity index (χ2n) is 12.9. The summed E-state index contributed by atoms with van der Waals surface area (Å²) in [6.45, 7) is 0. The van der Waals surface area contributed by atoms with Crippen molar-refractivity contribution < 1.29 is 0 Å². The minimum Gasteiger partial charge on any atom is -0.361 e. The molecule has 1 aromatic rings. The van der Waals surface area contributed by atoms with E-state index < -0.39 is 0 Å². The largest absolute Gasteiger partial charge is 0.361 e. The van der Waals surface area contributed by atoms with E-state index in [-0.39, 0.29) is 18.5 Å². The molecule has 218 valence electrons. The van der Waals surface area contributed by atoms with E-state index in [9.17, 15) is 0 Å². The van der Waals surface area contributed by atoms with Crippen molar-refractivity contribution in [2.75, 3.05) is 0 Å². The number of H-pyrrole nitrogens is 1. The monoisotopic (exact) mass is 566 g/mol. The third-order valence-corrected chi connectivity index (χ3v) is 10.3. The molecule has 7 aliphatic rings. The average molecular weight is 567 g/mol. The zero-order valence-electron chi connectivity index (χ0n) is 24.7. The Hall–Kier alpha value is -3.70. The first-order valence-electron chi connectivity index (χ1n) is 16.3. The first-order valence-corrected chi connectivity index (χ1v) is 16.3. The zero-order valence-corrected chi connectivity index (χ0v) is 24.7. The van der Waals surface area contributed by atoms with Crippen molar-refractivity contribution in [1.82, 2.24) is 20.9 Å². The number of hydrogen-bond donors (Lipinski definition) is 4. The highest BCUT2D eigenvalue weighted by atomic mass is 15.4. The molecule has 4 N–H and O–H groups in total. The van der Waals surface area contributed by atoms with Crippen molar-refractivity contribution in [3.8, 4) is 0 Å². The van der Waals surface area contributed by atoms with E-state index in [1.807, 2.05) is 6.20 Å². The summed E-state index contributed by atoms with van der Waals surface area (Å²) in [5.74, 6) is 2.21. The molecule has 4 heteroatoms. The van der Waals surface area contributed by atoms with Gasteiger partial charge in [0, 0.05) is 47.1 Å². The van der Waals surface area contributed by atoms with Crippen molar-refractivity contribution in [3.05, 3.63) is 150 Å². The van der Waals surface area contributed by atoms with Crippen LogP contribution in [-0.4, -0.2) is 23.5 Å². The maximum Gasteiger partial charge on any atom is 0.0856 e. The molecule has 0 spiro atoms. The van der Waals surface area contributed by atoms with Gasteiger partial charge in [-0.1, -0.05) is 109 Å². The fourth-order valence-electron chi connectivity index (χ4n) is 7.96. The summed E-state index contributed by atoms with van der Waals surface area (Å²) in [6, 6.07) is 4.33. The van der Waals surface area contributed by atoms with E-state index in [4.69, 9.17) is 0 Å². The number of aromatic nitrogens is 1. The predicted molar refractivity (Wildman–Crippen MR) is 177 cm³/mol. The fraction of sp³-hybridized carbons (Fsp3) is 0.333. The predicted octanol–water partition coefficient (Wildman–Crippen LogP) is 7.31. The summed E-state index contributed by atoms with van der Waals surface area (Å²) in [7, 11) is 0. The van der Waals surface area contributed by atoms with Gasteiger partial charge in [0.1, 0.15) is 0 Å². The number of hydrogen-bond acceptors (Lipinski definition) is 3. The van der Waals surface area contributed by atoms with Crippen LogP contribution < -0.4 is 16.0 Å². The Morgan fingerprint density at radius 3 is 2.47 bits per heavy atom. The summed E-state index contributed by atoms with van der Waals surface area (Å²) in [5.41, 5.74) is 8.30. The number of rotatable bonds is 5. The second kappa shape index (κ2) is 11.8. The standard InChI is InChI=1S/C39H42N4/c1-3-11-27(12-4-1)37-41-38(28-13-5-2-6-14-28)43-39(42-37)31-20-22-34(36-16-9-23-40-36)35(25-31)30-19-21-33-29(24-30)18-17-26-10-7-8-15-32(26)33/h1,3-5,7-11,13-19,21-23,25-27,29,31-32,37-43H,2,6,12,20,24H2. The van der Waals surface area contributed by atoms with Crippen LogP contribution in [0.5, 0.6) is 0 Å². The highest BCUT2D eigenvalue weighted by molar-refractivity contribution is 5.83. The molecule has 0 bridgehead atoms. The second-order valence-corrected chi connectivity index (χ2v) is 12.9. The van der Waals surface area contributed by atoms with Gasteiger partial charge < -0.3 is 4.98 Å². The topological polar surface area (TPSA) is 51.9 Å². The van der Waals surface area contributed by atoms with E-state index in [2.05, 4.69) is 136 Å². The summed E-state index contributed by atoms with van der Waals surface area (Å²) >= 11 is 0. The van der Waals surface area contributed by atoms with Gasteiger partial charge in [-0.15, -0.1) is 0 Å². The van der Waals surface area contributed by atoms with Gasteiger partial charge in [0.25, 0.3) is 0 Å². The van der Waals surface area contributed by atoms with Gasteiger partial charge in [0.2, 0.25) is 0 Å². The third-order valence-electron chi connectivity index (χ3n) is 10.3. The molecular weight excluding hydrogens is 524 g/mol. The summed E-state index contributed by atoms with van der Waals surface area (Å²) in [4.78, 5) is 3.51. The fourth-order valence-corrected chi connectivity index (χ4v) is 7.96. The summed E-state index contributed by atoms with van der Waals surface area (Å²) in [6.07, 6.45) is 47.9. The van der Waals surface area contributed by atoms with E-state index in [1.54, 1.807) is 5.57 Å². The van der Waals surface area contributed by atoms with E-state index in [0.717, 1.165) is 32.1 Å². The normalized spacial score (nSPS) is 36.2. The molecule has 2 heterocycles. The van der Waals surface area contributed by atoms with Gasteiger partial charge in [-0.2, -0.15) is 0 Å². The minimum absolute atomic E-state index is 0.134. The third kappa shape index (κ3) is 5.33. The maximum atomic E-state index is 4.01. The lowest BCUT2D eigenvalue weighted by molar-refractivity contribution is 0.160. The molecule has 8 rings (SSSR count). The molecule has 1 aliphatic heterocycles. The molecule has 0 amide bonds. The first kappa shape index (κ1) is 26.9.